The normalized spacial score (nSPS) is 10.7. The van der Waals surface area contributed by atoms with Crippen LogP contribution in [0, 0.1) is 0 Å². The van der Waals surface area contributed by atoms with E-state index in [1.54, 1.807) is 17.9 Å². The van der Waals surface area contributed by atoms with Crippen molar-refractivity contribution >= 4 is 17.5 Å². The minimum atomic E-state index is 0.489. The average molecular weight is 354 g/mol. The number of methoxy groups -OCH3 is 1. The zero-order valence-corrected chi connectivity index (χ0v) is 15.1. The Morgan fingerprint density at radius 3 is 2.79 bits per heavy atom. The number of hydrogen-bond acceptors (Lipinski definition) is 6. The number of tetrazole rings is 1. The number of benzene rings is 1. The van der Waals surface area contributed by atoms with Crippen LogP contribution < -0.4 is 14.8 Å². The monoisotopic (exact) mass is 353 g/mol. The Balaban J connectivity index is 2.16. The van der Waals surface area contributed by atoms with Gasteiger partial charge < -0.3 is 14.8 Å². The second kappa shape index (κ2) is 9.32. The molecular weight excluding hydrogens is 330 g/mol. The number of aromatic nitrogens is 4. The van der Waals surface area contributed by atoms with Crippen molar-refractivity contribution < 1.29 is 9.47 Å². The van der Waals surface area contributed by atoms with Crippen molar-refractivity contribution in [2.45, 2.75) is 46.2 Å². The number of nitrogens with zero attached hydrogens (tertiary/aromatic N) is 4. The predicted octanol–water partition coefficient (Wildman–Crippen LogP) is 3.54. The Morgan fingerprint density at radius 1 is 1.25 bits per heavy atom. The summed E-state index contributed by atoms with van der Waals surface area (Å²) in [6.45, 7) is 6.07. The fourth-order valence-electron chi connectivity index (χ4n) is 2.24. The van der Waals surface area contributed by atoms with Crippen molar-refractivity contribution in [2.75, 3.05) is 19.0 Å². The summed E-state index contributed by atoms with van der Waals surface area (Å²) in [4.78, 5) is 0. The molecule has 1 aromatic heterocycles. The summed E-state index contributed by atoms with van der Waals surface area (Å²) in [5.74, 6) is 1.95. The van der Waals surface area contributed by atoms with Crippen LogP contribution in [0.15, 0.2) is 12.1 Å². The number of aryl methyl sites for hydroxylation is 1. The highest BCUT2D eigenvalue weighted by molar-refractivity contribution is 6.30. The molecule has 0 amide bonds. The summed E-state index contributed by atoms with van der Waals surface area (Å²) in [6.07, 6.45) is 3.02. The second-order valence-corrected chi connectivity index (χ2v) is 5.81. The largest absolute Gasteiger partial charge is 0.493 e. The van der Waals surface area contributed by atoms with Gasteiger partial charge in [-0.15, -0.1) is 0 Å². The molecule has 7 nitrogen and oxygen atoms in total. The van der Waals surface area contributed by atoms with E-state index in [1.165, 1.54) is 0 Å². The third-order valence-corrected chi connectivity index (χ3v) is 3.68. The molecule has 2 aromatic rings. The Morgan fingerprint density at radius 2 is 2.08 bits per heavy atom. The third kappa shape index (κ3) is 4.74. The molecule has 0 aliphatic rings. The van der Waals surface area contributed by atoms with Crippen molar-refractivity contribution in [3.05, 3.63) is 22.7 Å². The summed E-state index contributed by atoms with van der Waals surface area (Å²) < 4.78 is 13.0. The molecule has 0 radical (unpaired) electrons. The number of hydrogen-bond donors (Lipinski definition) is 1. The SMILES string of the molecule is CCCCn1nnnc1NCc1cc(Cl)cc(OC)c1OCCC. The van der Waals surface area contributed by atoms with Crippen molar-refractivity contribution in [3.63, 3.8) is 0 Å². The van der Waals surface area contributed by atoms with Crippen LogP contribution in [-0.2, 0) is 13.1 Å². The van der Waals surface area contributed by atoms with Gasteiger partial charge in [0.15, 0.2) is 11.5 Å². The molecule has 0 saturated heterocycles. The van der Waals surface area contributed by atoms with Gasteiger partial charge in [0.2, 0.25) is 5.95 Å². The number of rotatable bonds is 10. The maximum atomic E-state index is 6.19. The van der Waals surface area contributed by atoms with Crippen molar-refractivity contribution in [2.24, 2.45) is 0 Å². The van der Waals surface area contributed by atoms with Gasteiger partial charge in [-0.2, -0.15) is 0 Å². The topological polar surface area (TPSA) is 74.1 Å². The van der Waals surface area contributed by atoms with Crippen molar-refractivity contribution in [3.8, 4) is 11.5 Å². The lowest BCUT2D eigenvalue weighted by Crippen LogP contribution is -2.10. The summed E-state index contributed by atoms with van der Waals surface area (Å²) in [7, 11) is 1.60. The highest BCUT2D eigenvalue weighted by Crippen LogP contribution is 2.35. The summed E-state index contributed by atoms with van der Waals surface area (Å²) in [5, 5.41) is 15.6. The molecular formula is C16H24ClN5O2. The quantitative estimate of drug-likeness (QED) is 0.704. The minimum absolute atomic E-state index is 0.489. The Kier molecular flexibility index (Phi) is 7.11. The predicted molar refractivity (Wildman–Crippen MR) is 93.8 cm³/mol. The molecule has 0 spiro atoms. The first-order chi connectivity index (χ1) is 11.7. The van der Waals surface area contributed by atoms with Gasteiger partial charge in [0.1, 0.15) is 0 Å². The fourth-order valence-corrected chi connectivity index (χ4v) is 2.47. The van der Waals surface area contributed by atoms with E-state index in [2.05, 4.69) is 34.7 Å². The van der Waals surface area contributed by atoms with Gasteiger partial charge in [-0.1, -0.05) is 37.0 Å². The van der Waals surface area contributed by atoms with E-state index in [-0.39, 0.29) is 0 Å². The highest BCUT2D eigenvalue weighted by Gasteiger charge is 2.14. The molecule has 0 aliphatic heterocycles. The zero-order valence-electron chi connectivity index (χ0n) is 14.4. The molecule has 8 heteroatoms. The van der Waals surface area contributed by atoms with Crippen molar-refractivity contribution in [1.29, 1.82) is 0 Å². The molecule has 0 saturated carbocycles. The van der Waals surface area contributed by atoms with E-state index in [9.17, 15) is 0 Å². The van der Waals surface area contributed by atoms with E-state index in [0.29, 0.717) is 35.6 Å². The summed E-state index contributed by atoms with van der Waals surface area (Å²) >= 11 is 6.19. The molecule has 0 unspecified atom stereocenters. The number of ether oxygens (including phenoxy) is 2. The Labute approximate surface area is 147 Å². The van der Waals surface area contributed by atoms with Gasteiger partial charge in [-0.25, -0.2) is 4.68 Å². The van der Waals surface area contributed by atoms with Gasteiger partial charge >= 0.3 is 0 Å². The molecule has 1 N–H and O–H groups in total. The van der Waals surface area contributed by atoms with Crippen LogP contribution in [0.5, 0.6) is 11.5 Å². The summed E-state index contributed by atoms with van der Waals surface area (Å²) in [6, 6.07) is 3.61. The first-order valence-corrected chi connectivity index (χ1v) is 8.56. The smallest absolute Gasteiger partial charge is 0.243 e. The molecule has 1 aromatic carbocycles. The molecule has 0 aliphatic carbocycles. The summed E-state index contributed by atoms with van der Waals surface area (Å²) in [5.41, 5.74) is 0.901. The fraction of sp³-hybridized carbons (Fsp3) is 0.562. The number of unbranched alkanes of at least 4 members (excludes halogenated alkanes) is 1. The van der Waals surface area contributed by atoms with Crippen LogP contribution in [0.2, 0.25) is 5.02 Å². The zero-order chi connectivity index (χ0) is 17.4. The Bertz CT molecular complexity index is 647. The standard InChI is InChI=1S/C16H24ClN5O2/c1-4-6-7-22-16(19-20-21-22)18-11-12-9-13(17)10-14(23-3)15(12)24-8-5-2/h9-10H,4-8,11H2,1-3H3,(H,18,19,21). The lowest BCUT2D eigenvalue weighted by molar-refractivity contribution is 0.291. The van der Waals surface area contributed by atoms with E-state index >= 15 is 0 Å². The lowest BCUT2D eigenvalue weighted by atomic mass is 10.2. The number of nitrogens with one attached hydrogen (secondary N) is 1. The van der Waals surface area contributed by atoms with Crippen LogP contribution in [0.1, 0.15) is 38.7 Å². The molecule has 24 heavy (non-hydrogen) atoms. The lowest BCUT2D eigenvalue weighted by Gasteiger charge is -2.16. The van der Waals surface area contributed by atoms with Gasteiger partial charge in [-0.05, 0) is 29.3 Å². The first kappa shape index (κ1) is 18.3. The van der Waals surface area contributed by atoms with Crippen molar-refractivity contribution in [1.82, 2.24) is 20.2 Å². The molecule has 1 heterocycles. The second-order valence-electron chi connectivity index (χ2n) is 5.38. The molecule has 132 valence electrons. The van der Waals surface area contributed by atoms with Gasteiger partial charge in [0, 0.05) is 29.7 Å². The highest BCUT2D eigenvalue weighted by atomic mass is 35.5. The molecule has 0 atom stereocenters. The van der Waals surface area contributed by atoms with Crippen LogP contribution >= 0.6 is 11.6 Å². The molecule has 2 rings (SSSR count). The molecule has 0 bridgehead atoms. The number of anilines is 1. The minimum Gasteiger partial charge on any atom is -0.493 e. The molecule has 0 fully saturated rings. The van der Waals surface area contributed by atoms with Crippen LogP contribution in [0.3, 0.4) is 0 Å². The Hall–Kier alpha value is -2.02. The van der Waals surface area contributed by atoms with E-state index in [1.807, 2.05) is 6.07 Å². The van der Waals surface area contributed by atoms with Gasteiger partial charge in [-0.3, -0.25) is 0 Å². The number of halogens is 1. The van der Waals surface area contributed by atoms with Crippen LogP contribution in [-0.4, -0.2) is 33.9 Å². The van der Waals surface area contributed by atoms with Crippen LogP contribution in [0.4, 0.5) is 5.95 Å². The van der Waals surface area contributed by atoms with Gasteiger partial charge in [0.05, 0.1) is 13.7 Å². The maximum absolute atomic E-state index is 6.19. The van der Waals surface area contributed by atoms with Gasteiger partial charge in [0.25, 0.3) is 0 Å². The third-order valence-electron chi connectivity index (χ3n) is 3.46. The van der Waals surface area contributed by atoms with E-state index in [0.717, 1.165) is 31.4 Å². The average Bonchev–Trinajstić information content (AvgIpc) is 3.03. The van der Waals surface area contributed by atoms with E-state index < -0.39 is 0 Å². The first-order valence-electron chi connectivity index (χ1n) is 8.18. The van der Waals surface area contributed by atoms with Crippen LogP contribution in [0.25, 0.3) is 0 Å². The maximum Gasteiger partial charge on any atom is 0.243 e. The van der Waals surface area contributed by atoms with E-state index in [4.69, 9.17) is 21.1 Å².